The fourth-order valence-corrected chi connectivity index (χ4v) is 6.95. The predicted molar refractivity (Wildman–Crippen MR) is 108 cm³/mol. The molecule has 3 heterocycles. The zero-order valence-electron chi connectivity index (χ0n) is 15.6. The van der Waals surface area contributed by atoms with Crippen molar-refractivity contribution in [2.75, 3.05) is 11.9 Å². The van der Waals surface area contributed by atoms with Gasteiger partial charge in [-0.25, -0.2) is 4.98 Å². The summed E-state index contributed by atoms with van der Waals surface area (Å²) in [5.74, 6) is 2.45. The highest BCUT2D eigenvalue weighted by Gasteiger charge is 2.70. The number of halogens is 1. The van der Waals surface area contributed by atoms with Crippen LogP contribution in [0.3, 0.4) is 0 Å². The Morgan fingerprint density at radius 2 is 2.14 bits per heavy atom. The summed E-state index contributed by atoms with van der Waals surface area (Å²) in [4.78, 5) is 7.22. The second kappa shape index (κ2) is 5.94. The standard InChI is InChI=1S/C21H23BrN4O2/c22-19-15-5-14(8-23)28-17(15)9-24-20(19)25-12-1-3-13(4-2-12)26-10-11-6-21(27)7-16(26)18(11)21/h5,9,11-13,16,18,27H,1-4,6-7,10H2,(H,24,25). The van der Waals surface area contributed by atoms with Crippen LogP contribution >= 0.6 is 15.9 Å². The molecule has 4 fully saturated rings. The van der Waals surface area contributed by atoms with Crippen LogP contribution in [0, 0.1) is 23.2 Å². The fourth-order valence-electron chi connectivity index (χ4n) is 6.42. The van der Waals surface area contributed by atoms with Crippen molar-refractivity contribution in [1.29, 1.82) is 5.26 Å². The average molecular weight is 443 g/mol. The molecule has 3 aliphatic carbocycles. The Kier molecular flexibility index (Phi) is 3.66. The molecule has 0 spiro atoms. The summed E-state index contributed by atoms with van der Waals surface area (Å²) in [6.45, 7) is 1.20. The number of nitrogens with zero attached hydrogens (tertiary/aromatic N) is 3. The van der Waals surface area contributed by atoms with Crippen LogP contribution < -0.4 is 5.32 Å². The highest BCUT2D eigenvalue weighted by Crippen LogP contribution is 2.64. The number of likely N-dealkylation sites (tertiary alicyclic amines) is 1. The summed E-state index contributed by atoms with van der Waals surface area (Å²) in [6, 6.07) is 5.52. The number of furan rings is 1. The van der Waals surface area contributed by atoms with Crippen molar-refractivity contribution < 1.29 is 9.52 Å². The molecule has 6 nitrogen and oxygen atoms in total. The topological polar surface area (TPSA) is 85.3 Å². The van der Waals surface area contributed by atoms with E-state index < -0.39 is 0 Å². The maximum Gasteiger partial charge on any atom is 0.204 e. The molecule has 2 aromatic rings. The Balaban J connectivity index is 1.11. The molecule has 7 heteroatoms. The highest BCUT2D eigenvalue weighted by atomic mass is 79.9. The van der Waals surface area contributed by atoms with Gasteiger partial charge in [0.1, 0.15) is 11.9 Å². The Bertz CT molecular complexity index is 992. The average Bonchev–Trinajstić information content (AvgIpc) is 3.17. The quantitative estimate of drug-likeness (QED) is 0.754. The van der Waals surface area contributed by atoms with Gasteiger partial charge in [-0.05, 0) is 60.4 Å². The van der Waals surface area contributed by atoms with E-state index in [-0.39, 0.29) is 5.60 Å². The second-order valence-electron chi connectivity index (χ2n) is 9.13. The molecule has 0 amide bonds. The molecule has 3 saturated carbocycles. The van der Waals surface area contributed by atoms with E-state index in [9.17, 15) is 5.11 Å². The number of nitriles is 1. The third-order valence-electron chi connectivity index (χ3n) is 7.73. The number of nitrogens with one attached hydrogen (secondary N) is 1. The Labute approximate surface area is 172 Å². The van der Waals surface area contributed by atoms with E-state index >= 15 is 0 Å². The first-order valence-corrected chi connectivity index (χ1v) is 11.1. The number of hydrogen-bond donors (Lipinski definition) is 2. The van der Waals surface area contributed by atoms with Gasteiger partial charge >= 0.3 is 0 Å². The third kappa shape index (κ3) is 2.35. The molecule has 0 radical (unpaired) electrons. The molecule has 1 aliphatic heterocycles. The number of pyridine rings is 1. The summed E-state index contributed by atoms with van der Waals surface area (Å²) in [7, 11) is 0. The number of anilines is 1. The predicted octanol–water partition coefficient (Wildman–Crippen LogP) is 3.64. The number of hydrogen-bond acceptors (Lipinski definition) is 6. The molecule has 6 rings (SSSR count). The monoisotopic (exact) mass is 442 g/mol. The zero-order chi connectivity index (χ0) is 19.0. The van der Waals surface area contributed by atoms with Crippen LogP contribution in [0.4, 0.5) is 5.82 Å². The van der Waals surface area contributed by atoms with Crippen molar-refractivity contribution in [3.8, 4) is 6.07 Å². The van der Waals surface area contributed by atoms with Gasteiger partial charge in [-0.2, -0.15) is 5.26 Å². The first-order valence-electron chi connectivity index (χ1n) is 10.3. The van der Waals surface area contributed by atoms with Crippen LogP contribution in [0.5, 0.6) is 0 Å². The van der Waals surface area contributed by atoms with E-state index in [1.165, 1.54) is 19.4 Å². The number of rotatable bonds is 3. The lowest BCUT2D eigenvalue weighted by Crippen LogP contribution is -2.67. The molecule has 4 aliphatic rings. The van der Waals surface area contributed by atoms with Crippen LogP contribution in [0.1, 0.15) is 44.3 Å². The van der Waals surface area contributed by atoms with Gasteiger partial charge < -0.3 is 14.8 Å². The van der Waals surface area contributed by atoms with E-state index in [2.05, 4.69) is 31.1 Å². The maximum absolute atomic E-state index is 10.4. The molecule has 28 heavy (non-hydrogen) atoms. The molecule has 0 bridgehead atoms. The Morgan fingerprint density at radius 3 is 2.86 bits per heavy atom. The molecule has 4 unspecified atom stereocenters. The first kappa shape index (κ1) is 17.3. The first-order chi connectivity index (χ1) is 13.6. The van der Waals surface area contributed by atoms with E-state index in [4.69, 9.17) is 9.68 Å². The number of fused-ring (bicyclic) bond motifs is 1. The highest BCUT2D eigenvalue weighted by molar-refractivity contribution is 9.10. The molecule has 0 aromatic carbocycles. The minimum absolute atomic E-state index is 0.294. The van der Waals surface area contributed by atoms with Gasteiger partial charge in [0.2, 0.25) is 5.76 Å². The van der Waals surface area contributed by atoms with Gasteiger partial charge in [0, 0.05) is 42.0 Å². The molecule has 2 N–H and O–H groups in total. The van der Waals surface area contributed by atoms with Crippen LogP contribution in [-0.4, -0.2) is 45.3 Å². The van der Waals surface area contributed by atoms with Crippen molar-refractivity contribution in [2.24, 2.45) is 11.8 Å². The van der Waals surface area contributed by atoms with E-state index in [1.807, 2.05) is 6.07 Å². The lowest BCUT2D eigenvalue weighted by atomic mass is 9.49. The molecule has 2 aromatic heterocycles. The molecular weight excluding hydrogens is 420 g/mol. The van der Waals surface area contributed by atoms with Crippen LogP contribution in [0.2, 0.25) is 0 Å². The lowest BCUT2D eigenvalue weighted by Gasteiger charge is -2.60. The van der Waals surface area contributed by atoms with Gasteiger partial charge in [-0.1, -0.05) is 0 Å². The van der Waals surface area contributed by atoms with Crippen LogP contribution in [0.15, 0.2) is 21.2 Å². The van der Waals surface area contributed by atoms with Crippen molar-refractivity contribution in [2.45, 2.75) is 62.3 Å². The number of aliphatic hydroxyl groups is 1. The van der Waals surface area contributed by atoms with Crippen molar-refractivity contribution in [3.63, 3.8) is 0 Å². The second-order valence-corrected chi connectivity index (χ2v) is 9.93. The van der Waals surface area contributed by atoms with Crippen LogP contribution in [-0.2, 0) is 0 Å². The molecule has 146 valence electrons. The van der Waals surface area contributed by atoms with Crippen molar-refractivity contribution in [1.82, 2.24) is 9.88 Å². The summed E-state index contributed by atoms with van der Waals surface area (Å²) in [6.07, 6.45) is 8.39. The Morgan fingerprint density at radius 1 is 1.32 bits per heavy atom. The van der Waals surface area contributed by atoms with Gasteiger partial charge in [0.05, 0.1) is 16.3 Å². The summed E-state index contributed by atoms with van der Waals surface area (Å²) in [5.41, 5.74) is 0.333. The minimum atomic E-state index is -0.294. The fraction of sp³-hybridized carbons (Fsp3) is 0.619. The van der Waals surface area contributed by atoms with E-state index in [0.717, 1.165) is 47.3 Å². The van der Waals surface area contributed by atoms with Gasteiger partial charge in [-0.15, -0.1) is 0 Å². The van der Waals surface area contributed by atoms with Gasteiger partial charge in [0.25, 0.3) is 0 Å². The zero-order valence-corrected chi connectivity index (χ0v) is 17.2. The summed E-state index contributed by atoms with van der Waals surface area (Å²) in [5, 5.41) is 23.9. The van der Waals surface area contributed by atoms with Crippen molar-refractivity contribution in [3.05, 3.63) is 22.5 Å². The third-order valence-corrected chi connectivity index (χ3v) is 8.53. The van der Waals surface area contributed by atoms with Crippen molar-refractivity contribution >= 4 is 32.7 Å². The lowest BCUT2D eigenvalue weighted by molar-refractivity contribution is -0.206. The Hall–Kier alpha value is -1.62. The summed E-state index contributed by atoms with van der Waals surface area (Å²) < 4.78 is 6.32. The van der Waals surface area contributed by atoms with E-state index in [1.54, 1.807) is 12.3 Å². The minimum Gasteiger partial charge on any atom is -0.444 e. The molecule has 4 atom stereocenters. The SMILES string of the molecule is N#Cc1cc2c(Br)c(NC3CCC(N4CC5CC6(O)CC4C56)CC3)ncc2o1. The van der Waals surface area contributed by atoms with Gasteiger partial charge in [0.15, 0.2) is 5.58 Å². The normalized spacial score (nSPS) is 39.1. The van der Waals surface area contributed by atoms with Crippen LogP contribution in [0.25, 0.3) is 11.0 Å². The molecular formula is C21H23BrN4O2. The largest absolute Gasteiger partial charge is 0.444 e. The summed E-state index contributed by atoms with van der Waals surface area (Å²) >= 11 is 3.63. The smallest absolute Gasteiger partial charge is 0.204 e. The number of aromatic nitrogens is 1. The molecule has 1 saturated heterocycles. The maximum atomic E-state index is 10.4. The van der Waals surface area contributed by atoms with Gasteiger partial charge in [-0.3, -0.25) is 4.90 Å². The van der Waals surface area contributed by atoms with E-state index in [0.29, 0.717) is 35.4 Å².